The minimum atomic E-state index is -0.991. The predicted octanol–water partition coefficient (Wildman–Crippen LogP) is 1.80. The lowest BCUT2D eigenvalue weighted by molar-refractivity contribution is -0.137. The first-order chi connectivity index (χ1) is 7.58. The molecule has 4 nitrogen and oxygen atoms in total. The van der Waals surface area contributed by atoms with Gasteiger partial charge in [0.2, 0.25) is 0 Å². The number of benzene rings is 1. The van der Waals surface area contributed by atoms with Gasteiger partial charge in [0.15, 0.2) is 0 Å². The van der Waals surface area contributed by atoms with Gasteiger partial charge in [-0.05, 0) is 23.6 Å². The highest BCUT2D eigenvalue weighted by Gasteiger charge is 1.98. The van der Waals surface area contributed by atoms with Crippen LogP contribution < -0.4 is 0 Å². The number of aliphatic carboxylic acids is 2. The first-order valence-corrected chi connectivity index (χ1v) is 4.79. The normalized spacial score (nSPS) is 10.5. The van der Waals surface area contributed by atoms with Crippen LogP contribution in [0, 0.1) is 0 Å². The third-order valence-electron chi connectivity index (χ3n) is 2.03. The zero-order valence-corrected chi connectivity index (χ0v) is 8.59. The van der Waals surface area contributed by atoms with Crippen LogP contribution in [-0.4, -0.2) is 22.2 Å². The molecule has 0 aliphatic rings. The van der Waals surface area contributed by atoms with Crippen LogP contribution in [-0.2, 0) is 16.0 Å². The fraction of sp³-hybridized carbons (Fsp3) is 0.167. The van der Waals surface area contributed by atoms with E-state index in [0.29, 0.717) is 6.42 Å². The molecule has 0 aliphatic carbocycles. The number of hydrogen-bond donors (Lipinski definition) is 2. The zero-order valence-electron chi connectivity index (χ0n) is 8.59. The van der Waals surface area contributed by atoms with Gasteiger partial charge in [-0.3, -0.25) is 4.79 Å². The van der Waals surface area contributed by atoms with E-state index in [1.165, 1.54) is 6.08 Å². The summed E-state index contributed by atoms with van der Waals surface area (Å²) in [7, 11) is 0. The van der Waals surface area contributed by atoms with Crippen molar-refractivity contribution in [2.75, 3.05) is 0 Å². The highest BCUT2D eigenvalue weighted by molar-refractivity contribution is 5.85. The molecule has 84 valence electrons. The van der Waals surface area contributed by atoms with Gasteiger partial charge in [0, 0.05) is 12.5 Å². The van der Waals surface area contributed by atoms with Crippen LogP contribution in [0.5, 0.6) is 0 Å². The topological polar surface area (TPSA) is 74.6 Å². The summed E-state index contributed by atoms with van der Waals surface area (Å²) >= 11 is 0. The van der Waals surface area contributed by atoms with Gasteiger partial charge in [-0.15, -0.1) is 0 Å². The molecule has 0 atom stereocenters. The summed E-state index contributed by atoms with van der Waals surface area (Å²) in [6.07, 6.45) is 3.14. The predicted molar refractivity (Wildman–Crippen MR) is 59.1 cm³/mol. The Balaban J connectivity index is 2.60. The molecule has 2 N–H and O–H groups in total. The average Bonchev–Trinajstić information content (AvgIpc) is 2.25. The minimum absolute atomic E-state index is 0.101. The van der Waals surface area contributed by atoms with E-state index in [1.54, 1.807) is 24.3 Å². The van der Waals surface area contributed by atoms with Crippen molar-refractivity contribution in [1.82, 2.24) is 0 Å². The number of aryl methyl sites for hydroxylation is 1. The molecular formula is C12H12O4. The van der Waals surface area contributed by atoms with Crippen molar-refractivity contribution in [3.8, 4) is 0 Å². The van der Waals surface area contributed by atoms with E-state index < -0.39 is 11.9 Å². The number of carbonyl (C=O) groups is 2. The SMILES string of the molecule is O=C(O)C=Cc1ccc(CCC(=O)O)cc1. The molecule has 0 aromatic heterocycles. The van der Waals surface area contributed by atoms with E-state index in [1.807, 2.05) is 0 Å². The Kier molecular flexibility index (Phi) is 4.27. The summed E-state index contributed by atoms with van der Waals surface area (Å²) in [5.74, 6) is -1.81. The van der Waals surface area contributed by atoms with Crippen molar-refractivity contribution in [3.63, 3.8) is 0 Å². The number of carboxylic acids is 2. The van der Waals surface area contributed by atoms with Crippen LogP contribution in [0.25, 0.3) is 6.08 Å². The largest absolute Gasteiger partial charge is 0.481 e. The molecule has 1 aromatic carbocycles. The van der Waals surface area contributed by atoms with Crippen molar-refractivity contribution >= 4 is 18.0 Å². The molecule has 0 saturated heterocycles. The molecule has 1 aromatic rings. The summed E-state index contributed by atoms with van der Waals surface area (Å²) in [5.41, 5.74) is 1.70. The van der Waals surface area contributed by atoms with Crippen molar-refractivity contribution < 1.29 is 19.8 Å². The molecule has 0 unspecified atom stereocenters. The molecule has 0 radical (unpaired) electrons. The average molecular weight is 220 g/mol. The van der Waals surface area contributed by atoms with Crippen LogP contribution in [0.15, 0.2) is 30.3 Å². The molecule has 16 heavy (non-hydrogen) atoms. The molecule has 0 fully saturated rings. The van der Waals surface area contributed by atoms with Gasteiger partial charge >= 0.3 is 11.9 Å². The lowest BCUT2D eigenvalue weighted by atomic mass is 10.1. The van der Waals surface area contributed by atoms with Crippen LogP contribution in [0.2, 0.25) is 0 Å². The highest BCUT2D eigenvalue weighted by atomic mass is 16.4. The van der Waals surface area contributed by atoms with Crippen molar-refractivity contribution in [2.24, 2.45) is 0 Å². The summed E-state index contributed by atoms with van der Waals surface area (Å²) in [4.78, 5) is 20.6. The van der Waals surface area contributed by atoms with E-state index in [0.717, 1.165) is 17.2 Å². The quantitative estimate of drug-likeness (QED) is 0.742. The molecule has 0 bridgehead atoms. The third kappa shape index (κ3) is 4.41. The highest BCUT2D eigenvalue weighted by Crippen LogP contribution is 2.08. The summed E-state index contributed by atoms with van der Waals surface area (Å²) < 4.78 is 0. The van der Waals surface area contributed by atoms with Gasteiger partial charge in [-0.25, -0.2) is 4.79 Å². The fourth-order valence-electron chi connectivity index (χ4n) is 1.21. The second kappa shape index (κ2) is 5.70. The summed E-state index contributed by atoms with van der Waals surface area (Å²) in [6, 6.07) is 7.11. The summed E-state index contributed by atoms with van der Waals surface area (Å²) in [5, 5.41) is 16.9. The van der Waals surface area contributed by atoms with E-state index >= 15 is 0 Å². The van der Waals surface area contributed by atoms with Gasteiger partial charge in [0.1, 0.15) is 0 Å². The first-order valence-electron chi connectivity index (χ1n) is 4.79. The monoisotopic (exact) mass is 220 g/mol. The van der Waals surface area contributed by atoms with E-state index in [2.05, 4.69) is 0 Å². The second-order valence-electron chi connectivity index (χ2n) is 3.31. The molecule has 0 saturated carbocycles. The van der Waals surface area contributed by atoms with E-state index in [9.17, 15) is 9.59 Å². The minimum Gasteiger partial charge on any atom is -0.481 e. The standard InChI is InChI=1S/C12H12O4/c13-11(14)7-5-9-1-2-10(4-3-9)6-8-12(15)16/h1-5,7H,6,8H2,(H,13,14)(H,15,16). The molecule has 0 aliphatic heterocycles. The fourth-order valence-corrected chi connectivity index (χ4v) is 1.21. The Morgan fingerprint density at radius 1 is 1.12 bits per heavy atom. The maximum absolute atomic E-state index is 10.3. The van der Waals surface area contributed by atoms with E-state index in [-0.39, 0.29) is 6.42 Å². The lowest BCUT2D eigenvalue weighted by Crippen LogP contribution is -1.97. The maximum Gasteiger partial charge on any atom is 0.328 e. The Bertz CT molecular complexity index is 404. The van der Waals surface area contributed by atoms with Crippen molar-refractivity contribution in [1.29, 1.82) is 0 Å². The third-order valence-corrected chi connectivity index (χ3v) is 2.03. The molecule has 0 heterocycles. The van der Waals surface area contributed by atoms with Gasteiger partial charge in [0.25, 0.3) is 0 Å². The van der Waals surface area contributed by atoms with Crippen LogP contribution >= 0.6 is 0 Å². The molecular weight excluding hydrogens is 208 g/mol. The molecule has 0 spiro atoms. The van der Waals surface area contributed by atoms with Gasteiger partial charge in [-0.2, -0.15) is 0 Å². The number of hydrogen-bond acceptors (Lipinski definition) is 2. The zero-order chi connectivity index (χ0) is 12.0. The Morgan fingerprint density at radius 2 is 1.75 bits per heavy atom. The van der Waals surface area contributed by atoms with E-state index in [4.69, 9.17) is 10.2 Å². The van der Waals surface area contributed by atoms with Crippen LogP contribution in [0.4, 0.5) is 0 Å². The summed E-state index contributed by atoms with van der Waals surface area (Å²) in [6.45, 7) is 0. The first kappa shape index (κ1) is 12.0. The van der Waals surface area contributed by atoms with Crippen LogP contribution in [0.3, 0.4) is 0 Å². The van der Waals surface area contributed by atoms with Gasteiger partial charge < -0.3 is 10.2 Å². The molecule has 0 amide bonds. The number of carboxylic acid groups (broad SMARTS) is 2. The van der Waals surface area contributed by atoms with Crippen molar-refractivity contribution in [3.05, 3.63) is 41.5 Å². The number of rotatable bonds is 5. The molecule has 4 heteroatoms. The van der Waals surface area contributed by atoms with Crippen molar-refractivity contribution in [2.45, 2.75) is 12.8 Å². The van der Waals surface area contributed by atoms with Crippen LogP contribution in [0.1, 0.15) is 17.5 Å². The lowest BCUT2D eigenvalue weighted by Gasteiger charge is -1.99. The second-order valence-corrected chi connectivity index (χ2v) is 3.31. The van der Waals surface area contributed by atoms with Gasteiger partial charge in [0.05, 0.1) is 0 Å². The Hall–Kier alpha value is -2.10. The maximum atomic E-state index is 10.3. The Labute approximate surface area is 92.8 Å². The molecule has 1 rings (SSSR count). The smallest absolute Gasteiger partial charge is 0.328 e. The Morgan fingerprint density at radius 3 is 2.25 bits per heavy atom. The van der Waals surface area contributed by atoms with Gasteiger partial charge in [-0.1, -0.05) is 24.3 Å².